The van der Waals surface area contributed by atoms with E-state index < -0.39 is 0 Å². The van der Waals surface area contributed by atoms with Crippen molar-refractivity contribution in [3.8, 4) is 0 Å². The van der Waals surface area contributed by atoms with E-state index in [1.165, 1.54) is 24.1 Å². The Balaban J connectivity index is 1.33. The van der Waals surface area contributed by atoms with Gasteiger partial charge in [-0.25, -0.2) is 0 Å². The largest absolute Gasteiger partial charge is 0.378 e. The molecule has 1 N–H and O–H groups in total. The molecule has 2 fully saturated rings. The summed E-state index contributed by atoms with van der Waals surface area (Å²) < 4.78 is 5.73. The number of carbonyl (C=O) groups is 1. The number of anilines is 1. The Kier molecular flexibility index (Phi) is 6.92. The highest BCUT2D eigenvalue weighted by atomic mass is 16.5. The molecule has 1 amide bonds. The van der Waals surface area contributed by atoms with Gasteiger partial charge in [-0.15, -0.1) is 0 Å². The molecule has 2 aliphatic heterocycles. The van der Waals surface area contributed by atoms with E-state index in [-0.39, 0.29) is 5.91 Å². The lowest BCUT2D eigenvalue weighted by Gasteiger charge is -2.33. The highest BCUT2D eigenvalue weighted by Crippen LogP contribution is 2.17. The molecular weight excluding hydrogens is 326 g/mol. The first-order chi connectivity index (χ1) is 12.6. The molecule has 0 aliphatic carbocycles. The lowest BCUT2D eigenvalue weighted by atomic mass is 10.0. The summed E-state index contributed by atoms with van der Waals surface area (Å²) in [6.07, 6.45) is 6.31. The zero-order chi connectivity index (χ0) is 18.4. The van der Waals surface area contributed by atoms with Gasteiger partial charge < -0.3 is 19.9 Å². The van der Waals surface area contributed by atoms with E-state index in [0.29, 0.717) is 18.6 Å². The molecule has 5 nitrogen and oxygen atoms in total. The first kappa shape index (κ1) is 19.2. The fraction of sp³-hybridized carbons (Fsp3) is 0.667. The Bertz CT molecular complexity index is 559. The third-order valence-corrected chi connectivity index (χ3v) is 5.53. The van der Waals surface area contributed by atoms with E-state index in [2.05, 4.69) is 39.4 Å². The van der Waals surface area contributed by atoms with E-state index in [1.54, 1.807) is 0 Å². The minimum Gasteiger partial charge on any atom is -0.378 e. The number of amides is 1. The number of nitrogens with zero attached hydrogens (tertiary/aromatic N) is 2. The molecule has 0 saturated carbocycles. The molecular formula is C21H33N3O2. The SMILES string of the molecule is CN(C)c1ccc(CCC(=O)NC2CCN(CC3CCCO3)CC2)cc1. The van der Waals surface area contributed by atoms with Crippen LogP contribution in [0.25, 0.3) is 0 Å². The summed E-state index contributed by atoms with van der Waals surface area (Å²) in [7, 11) is 4.07. The Morgan fingerprint density at radius 2 is 1.92 bits per heavy atom. The van der Waals surface area contributed by atoms with Crippen LogP contribution < -0.4 is 10.2 Å². The molecule has 0 bridgehead atoms. The number of hydrogen-bond donors (Lipinski definition) is 1. The van der Waals surface area contributed by atoms with Gasteiger partial charge in [0.15, 0.2) is 0 Å². The first-order valence-electron chi connectivity index (χ1n) is 10.00. The van der Waals surface area contributed by atoms with Gasteiger partial charge in [-0.2, -0.15) is 0 Å². The fourth-order valence-electron chi connectivity index (χ4n) is 3.85. The van der Waals surface area contributed by atoms with Crippen molar-refractivity contribution in [2.45, 2.75) is 50.7 Å². The highest BCUT2D eigenvalue weighted by Gasteiger charge is 2.24. The number of ether oxygens (including phenoxy) is 1. The lowest BCUT2D eigenvalue weighted by Crippen LogP contribution is -2.46. The second-order valence-electron chi connectivity index (χ2n) is 7.84. The Labute approximate surface area is 157 Å². The minimum atomic E-state index is 0.180. The maximum atomic E-state index is 12.3. The summed E-state index contributed by atoms with van der Waals surface area (Å²) >= 11 is 0. The standard InChI is InChI=1S/C21H33N3O2/c1-23(2)19-8-5-17(6-9-19)7-10-21(25)22-18-11-13-24(14-12-18)16-20-4-3-15-26-20/h5-6,8-9,18,20H,3-4,7,10-16H2,1-2H3,(H,22,25). The van der Waals surface area contributed by atoms with Crippen LogP contribution in [0.15, 0.2) is 24.3 Å². The van der Waals surface area contributed by atoms with Crippen molar-refractivity contribution in [2.24, 2.45) is 0 Å². The quantitative estimate of drug-likeness (QED) is 0.812. The smallest absolute Gasteiger partial charge is 0.220 e. The first-order valence-corrected chi connectivity index (χ1v) is 10.00. The molecule has 5 heteroatoms. The summed E-state index contributed by atoms with van der Waals surface area (Å²) in [5.41, 5.74) is 2.41. The number of rotatable bonds is 7. The summed E-state index contributed by atoms with van der Waals surface area (Å²) in [4.78, 5) is 16.8. The maximum Gasteiger partial charge on any atom is 0.220 e. The molecule has 0 radical (unpaired) electrons. The van der Waals surface area contributed by atoms with E-state index in [1.807, 2.05) is 14.1 Å². The van der Waals surface area contributed by atoms with Crippen molar-refractivity contribution in [1.29, 1.82) is 0 Å². The number of nitrogens with one attached hydrogen (secondary N) is 1. The topological polar surface area (TPSA) is 44.8 Å². The molecule has 0 spiro atoms. The monoisotopic (exact) mass is 359 g/mol. The van der Waals surface area contributed by atoms with Crippen LogP contribution in [-0.2, 0) is 16.0 Å². The summed E-state index contributed by atoms with van der Waals surface area (Å²) in [6, 6.07) is 8.78. The van der Waals surface area contributed by atoms with Crippen LogP contribution >= 0.6 is 0 Å². The van der Waals surface area contributed by atoms with Crippen molar-refractivity contribution in [3.63, 3.8) is 0 Å². The Hall–Kier alpha value is -1.59. The molecule has 1 aromatic carbocycles. The molecule has 3 rings (SSSR count). The zero-order valence-corrected chi connectivity index (χ0v) is 16.2. The predicted molar refractivity (Wildman–Crippen MR) is 106 cm³/mol. The van der Waals surface area contributed by atoms with Gasteiger partial charge in [0.05, 0.1) is 6.10 Å². The minimum absolute atomic E-state index is 0.180. The Morgan fingerprint density at radius 3 is 2.54 bits per heavy atom. The maximum absolute atomic E-state index is 12.3. The van der Waals surface area contributed by atoms with Gasteiger partial charge >= 0.3 is 0 Å². The van der Waals surface area contributed by atoms with Crippen LogP contribution in [-0.4, -0.2) is 63.3 Å². The number of aryl methyl sites for hydroxylation is 1. The van der Waals surface area contributed by atoms with Gasteiger partial charge in [-0.3, -0.25) is 4.79 Å². The predicted octanol–water partition coefficient (Wildman–Crippen LogP) is 2.44. The van der Waals surface area contributed by atoms with Crippen LogP contribution in [0, 0.1) is 0 Å². The van der Waals surface area contributed by atoms with Crippen molar-refractivity contribution < 1.29 is 9.53 Å². The van der Waals surface area contributed by atoms with Crippen molar-refractivity contribution in [3.05, 3.63) is 29.8 Å². The summed E-state index contributed by atoms with van der Waals surface area (Å²) in [5.74, 6) is 0.180. The van der Waals surface area contributed by atoms with Crippen molar-refractivity contribution in [2.75, 3.05) is 45.2 Å². The zero-order valence-electron chi connectivity index (χ0n) is 16.2. The molecule has 2 saturated heterocycles. The number of carbonyl (C=O) groups excluding carboxylic acids is 1. The van der Waals surface area contributed by atoms with Gasteiger partial charge in [-0.1, -0.05) is 12.1 Å². The second kappa shape index (κ2) is 9.38. The summed E-state index contributed by atoms with van der Waals surface area (Å²) in [5, 5.41) is 3.23. The average Bonchev–Trinajstić information content (AvgIpc) is 3.15. The van der Waals surface area contributed by atoms with Gasteiger partial charge in [0, 0.05) is 58.5 Å². The lowest BCUT2D eigenvalue weighted by molar-refractivity contribution is -0.122. The van der Waals surface area contributed by atoms with E-state index in [9.17, 15) is 4.79 Å². The molecule has 2 heterocycles. The molecule has 1 atom stereocenters. The van der Waals surface area contributed by atoms with Crippen LogP contribution in [0.5, 0.6) is 0 Å². The third-order valence-electron chi connectivity index (χ3n) is 5.53. The van der Waals surface area contributed by atoms with Gasteiger partial charge in [0.1, 0.15) is 0 Å². The van der Waals surface area contributed by atoms with Crippen LogP contribution in [0.4, 0.5) is 5.69 Å². The normalized spacial score (nSPS) is 21.7. The van der Waals surface area contributed by atoms with E-state index in [4.69, 9.17) is 4.74 Å². The fourth-order valence-corrected chi connectivity index (χ4v) is 3.85. The molecule has 1 unspecified atom stereocenters. The summed E-state index contributed by atoms with van der Waals surface area (Å²) in [6.45, 7) is 4.12. The van der Waals surface area contributed by atoms with Crippen molar-refractivity contribution >= 4 is 11.6 Å². The molecule has 2 aliphatic rings. The average molecular weight is 360 g/mol. The van der Waals surface area contributed by atoms with Gasteiger partial charge in [0.25, 0.3) is 0 Å². The second-order valence-corrected chi connectivity index (χ2v) is 7.84. The van der Waals surface area contributed by atoms with Gasteiger partial charge in [0.2, 0.25) is 5.91 Å². The van der Waals surface area contributed by atoms with E-state index in [0.717, 1.165) is 45.5 Å². The number of benzene rings is 1. The van der Waals surface area contributed by atoms with Gasteiger partial charge in [-0.05, 0) is 49.8 Å². The van der Waals surface area contributed by atoms with E-state index >= 15 is 0 Å². The Morgan fingerprint density at radius 1 is 1.19 bits per heavy atom. The highest BCUT2D eigenvalue weighted by molar-refractivity contribution is 5.76. The number of hydrogen-bond acceptors (Lipinski definition) is 4. The molecule has 0 aromatic heterocycles. The van der Waals surface area contributed by atoms with Crippen LogP contribution in [0.3, 0.4) is 0 Å². The van der Waals surface area contributed by atoms with Crippen LogP contribution in [0.2, 0.25) is 0 Å². The molecule has 144 valence electrons. The number of piperidine rings is 1. The van der Waals surface area contributed by atoms with Crippen LogP contribution in [0.1, 0.15) is 37.7 Å². The molecule has 26 heavy (non-hydrogen) atoms. The molecule has 1 aromatic rings. The third kappa shape index (κ3) is 5.71. The number of likely N-dealkylation sites (tertiary alicyclic amines) is 1. The van der Waals surface area contributed by atoms with Crippen molar-refractivity contribution in [1.82, 2.24) is 10.2 Å².